The van der Waals surface area contributed by atoms with Crippen molar-refractivity contribution < 1.29 is 12.8 Å². The first-order valence-electron chi connectivity index (χ1n) is 10.6. The lowest BCUT2D eigenvalue weighted by Crippen LogP contribution is -2.41. The van der Waals surface area contributed by atoms with Crippen LogP contribution in [0.4, 0.5) is 4.39 Å². The fourth-order valence-electron chi connectivity index (χ4n) is 3.83. The summed E-state index contributed by atoms with van der Waals surface area (Å²) in [7, 11) is -3.56. The minimum atomic E-state index is -3.56. The molecular weight excluding hydrogens is 443 g/mol. The summed E-state index contributed by atoms with van der Waals surface area (Å²) in [6.07, 6.45) is 3.42. The molecule has 1 unspecified atom stereocenters. The van der Waals surface area contributed by atoms with Gasteiger partial charge in [-0.15, -0.1) is 0 Å². The molecule has 1 atom stereocenters. The number of nitrogens with two attached hydrogens (primary N) is 3. The zero-order valence-corrected chi connectivity index (χ0v) is 19.3. The Morgan fingerprint density at radius 1 is 1.09 bits per heavy atom. The largest absolute Gasteiger partial charge is 0.330 e. The predicted octanol–water partition coefficient (Wildman–Crippen LogP) is 2.44. The molecule has 0 bridgehead atoms. The van der Waals surface area contributed by atoms with Crippen LogP contribution < -0.4 is 17.4 Å². The number of hydrogen-bond acceptors (Lipinski definition) is 7. The number of aromatic nitrogens is 2. The molecule has 2 aromatic carbocycles. The summed E-state index contributed by atoms with van der Waals surface area (Å²) < 4.78 is 41.1. The second kappa shape index (κ2) is 10.9. The maximum absolute atomic E-state index is 13.6. The molecule has 1 aromatic heterocycles. The van der Waals surface area contributed by atoms with Crippen LogP contribution in [0.1, 0.15) is 18.4 Å². The Morgan fingerprint density at radius 3 is 2.45 bits per heavy atom. The number of piperidine rings is 1. The number of sulfonamides is 1. The summed E-state index contributed by atoms with van der Waals surface area (Å²) in [5.41, 5.74) is 8.46. The van der Waals surface area contributed by atoms with Crippen molar-refractivity contribution in [3.8, 4) is 22.6 Å². The average molecular weight is 473 g/mol. The summed E-state index contributed by atoms with van der Waals surface area (Å²) in [6.45, 7) is 3.18. The van der Waals surface area contributed by atoms with Gasteiger partial charge < -0.3 is 5.73 Å². The third-order valence-electron chi connectivity index (χ3n) is 5.67. The Kier molecular flexibility index (Phi) is 8.22. The minimum absolute atomic E-state index is 0.203. The van der Waals surface area contributed by atoms with Gasteiger partial charge in [0, 0.05) is 30.4 Å². The highest BCUT2D eigenvalue weighted by molar-refractivity contribution is 7.89. The lowest BCUT2D eigenvalue weighted by molar-refractivity contribution is 0.271. The molecule has 4 rings (SSSR count). The molecule has 0 spiro atoms. The molecule has 2 heterocycles. The van der Waals surface area contributed by atoms with Crippen molar-refractivity contribution >= 4 is 10.0 Å². The van der Waals surface area contributed by atoms with E-state index in [1.54, 1.807) is 55.6 Å². The summed E-state index contributed by atoms with van der Waals surface area (Å²) in [4.78, 5) is 9.15. The minimum Gasteiger partial charge on any atom is -0.330 e. The maximum atomic E-state index is 13.6. The van der Waals surface area contributed by atoms with Gasteiger partial charge in [0.25, 0.3) is 0 Å². The van der Waals surface area contributed by atoms with Gasteiger partial charge in [0.2, 0.25) is 10.0 Å². The maximum Gasteiger partial charge on any atom is 0.243 e. The summed E-state index contributed by atoms with van der Waals surface area (Å²) in [6, 6.07) is 13.2. The zero-order chi connectivity index (χ0) is 24.0. The molecule has 3 aromatic rings. The van der Waals surface area contributed by atoms with Gasteiger partial charge >= 0.3 is 0 Å². The Morgan fingerprint density at radius 2 is 1.79 bits per heavy atom. The number of nitrogens with zero attached hydrogens (tertiary/aromatic N) is 3. The molecule has 0 saturated carbocycles. The summed E-state index contributed by atoms with van der Waals surface area (Å²) >= 11 is 0. The second-order valence-corrected chi connectivity index (χ2v) is 9.80. The highest BCUT2D eigenvalue weighted by Crippen LogP contribution is 2.26. The first-order valence-corrected chi connectivity index (χ1v) is 12.1. The molecule has 1 saturated heterocycles. The monoisotopic (exact) mass is 472 g/mol. The Hall–Kier alpha value is -2.76. The Bertz CT molecular complexity index is 1190. The van der Waals surface area contributed by atoms with E-state index in [-0.39, 0.29) is 16.6 Å². The molecule has 33 heavy (non-hydrogen) atoms. The van der Waals surface area contributed by atoms with Gasteiger partial charge in [-0.1, -0.05) is 0 Å². The Labute approximate surface area is 193 Å². The number of rotatable bonds is 5. The molecule has 0 amide bonds. The van der Waals surface area contributed by atoms with Crippen molar-refractivity contribution in [3.63, 3.8) is 0 Å². The number of hydrogen-bond donors (Lipinski definition) is 3. The standard InChI is InChI=1S/C23H25FN4O2S.H4N2/c1-16-13-19(6-9-21(16)24)22-10-11-26-23(27-22)18-4-7-20(8-5-18)31(29,30)28-12-2-3-17(14-25)15-28;1-2/h4-11,13,17H,2-3,12,14-15,25H2,1H3;1-2H2. The van der Waals surface area contributed by atoms with Gasteiger partial charge in [0.15, 0.2) is 5.82 Å². The highest BCUT2D eigenvalue weighted by atomic mass is 32.2. The van der Waals surface area contributed by atoms with E-state index in [2.05, 4.69) is 21.7 Å². The van der Waals surface area contributed by atoms with Crippen LogP contribution in [0, 0.1) is 18.7 Å². The van der Waals surface area contributed by atoms with Gasteiger partial charge in [-0.2, -0.15) is 4.31 Å². The van der Waals surface area contributed by atoms with Gasteiger partial charge in [0.05, 0.1) is 10.6 Å². The molecule has 0 aliphatic carbocycles. The molecule has 0 radical (unpaired) electrons. The summed E-state index contributed by atoms with van der Waals surface area (Å²) in [5.74, 6) is 8.42. The topological polar surface area (TPSA) is 141 Å². The van der Waals surface area contributed by atoms with Crippen molar-refractivity contribution in [2.75, 3.05) is 19.6 Å². The zero-order valence-electron chi connectivity index (χ0n) is 18.5. The van der Waals surface area contributed by atoms with Crippen molar-refractivity contribution in [3.05, 3.63) is 66.1 Å². The van der Waals surface area contributed by atoms with Crippen LogP contribution in [-0.4, -0.2) is 42.3 Å². The van der Waals surface area contributed by atoms with Crippen LogP contribution >= 0.6 is 0 Å². The van der Waals surface area contributed by atoms with Gasteiger partial charge in [-0.3, -0.25) is 11.7 Å². The van der Waals surface area contributed by atoms with Crippen molar-refractivity contribution in [1.29, 1.82) is 0 Å². The fourth-order valence-corrected chi connectivity index (χ4v) is 5.38. The number of hydrazine groups is 1. The van der Waals surface area contributed by atoms with E-state index in [1.807, 2.05) is 0 Å². The van der Waals surface area contributed by atoms with Gasteiger partial charge in [-0.25, -0.2) is 22.8 Å². The van der Waals surface area contributed by atoms with E-state index in [0.29, 0.717) is 42.3 Å². The normalized spacial score (nSPS) is 16.7. The van der Waals surface area contributed by atoms with E-state index in [4.69, 9.17) is 5.73 Å². The molecule has 10 heteroatoms. The van der Waals surface area contributed by atoms with Crippen LogP contribution in [0.3, 0.4) is 0 Å². The van der Waals surface area contributed by atoms with Crippen molar-refractivity contribution in [1.82, 2.24) is 14.3 Å². The van der Waals surface area contributed by atoms with Crippen LogP contribution in [0.5, 0.6) is 0 Å². The lowest BCUT2D eigenvalue weighted by Gasteiger charge is -2.31. The molecule has 1 aliphatic heterocycles. The van der Waals surface area contributed by atoms with Gasteiger partial charge in [-0.05, 0) is 86.3 Å². The molecule has 6 N–H and O–H groups in total. The van der Waals surface area contributed by atoms with E-state index in [9.17, 15) is 12.8 Å². The summed E-state index contributed by atoms with van der Waals surface area (Å²) in [5, 5.41) is 0. The van der Waals surface area contributed by atoms with Crippen LogP contribution in [0.2, 0.25) is 0 Å². The lowest BCUT2D eigenvalue weighted by atomic mass is 10.0. The van der Waals surface area contributed by atoms with Crippen LogP contribution in [0.25, 0.3) is 22.6 Å². The average Bonchev–Trinajstić information content (AvgIpc) is 2.87. The van der Waals surface area contributed by atoms with Gasteiger partial charge in [0.1, 0.15) is 5.82 Å². The second-order valence-electron chi connectivity index (χ2n) is 7.86. The molecule has 1 aliphatic rings. The van der Waals surface area contributed by atoms with E-state index >= 15 is 0 Å². The van der Waals surface area contributed by atoms with E-state index in [0.717, 1.165) is 18.4 Å². The van der Waals surface area contributed by atoms with Crippen molar-refractivity contribution in [2.45, 2.75) is 24.7 Å². The predicted molar refractivity (Wildman–Crippen MR) is 127 cm³/mol. The fraction of sp³-hybridized carbons (Fsp3) is 0.304. The highest BCUT2D eigenvalue weighted by Gasteiger charge is 2.29. The smallest absolute Gasteiger partial charge is 0.243 e. The molecule has 8 nitrogen and oxygen atoms in total. The molecule has 176 valence electrons. The number of aryl methyl sites for hydroxylation is 1. The number of benzene rings is 2. The first kappa shape index (κ1) is 24.9. The first-order chi connectivity index (χ1) is 15.9. The third-order valence-corrected chi connectivity index (χ3v) is 7.55. The molecular formula is C23H29FN6O2S. The third kappa shape index (κ3) is 5.60. The van der Waals surface area contributed by atoms with Crippen LogP contribution in [0.15, 0.2) is 59.6 Å². The molecule has 1 fully saturated rings. The van der Waals surface area contributed by atoms with Crippen LogP contribution in [-0.2, 0) is 10.0 Å². The Balaban J connectivity index is 0.00000149. The van der Waals surface area contributed by atoms with E-state index in [1.165, 1.54) is 10.4 Å². The number of halogens is 1. The van der Waals surface area contributed by atoms with E-state index < -0.39 is 10.0 Å². The SMILES string of the molecule is Cc1cc(-c2ccnc(-c3ccc(S(=O)(=O)N4CCCC(CN)C4)cc3)n2)ccc1F.NN. The quantitative estimate of drug-likeness (QED) is 0.382. The van der Waals surface area contributed by atoms with Crippen molar-refractivity contribution in [2.24, 2.45) is 23.3 Å².